The molecule has 0 saturated carbocycles. The van der Waals surface area contributed by atoms with Gasteiger partial charge in [-0.25, -0.2) is 0 Å². The molecule has 3 rings (SSSR count). The maximum absolute atomic E-state index is 12.3. The molecular formula is C17H13ClF3NO. The molecule has 0 unspecified atom stereocenters. The van der Waals surface area contributed by atoms with E-state index in [-0.39, 0.29) is 5.75 Å². The normalized spacial score (nSPS) is 11.9. The molecule has 6 heteroatoms. The van der Waals surface area contributed by atoms with Crippen molar-refractivity contribution in [1.29, 1.82) is 0 Å². The maximum Gasteiger partial charge on any atom is 0.573 e. The van der Waals surface area contributed by atoms with E-state index in [0.717, 1.165) is 27.7 Å². The second-order valence-electron chi connectivity index (χ2n) is 5.29. The van der Waals surface area contributed by atoms with Gasteiger partial charge in [-0.2, -0.15) is 0 Å². The Labute approximate surface area is 135 Å². The number of nitrogens with one attached hydrogen (secondary N) is 1. The summed E-state index contributed by atoms with van der Waals surface area (Å²) in [6, 6.07) is 11.6. The van der Waals surface area contributed by atoms with E-state index in [0.29, 0.717) is 11.4 Å². The summed E-state index contributed by atoms with van der Waals surface area (Å²) in [5.41, 5.74) is 3.64. The third-order valence-corrected chi connectivity index (χ3v) is 3.83. The van der Waals surface area contributed by atoms with Crippen LogP contribution in [0.25, 0.3) is 10.9 Å². The molecule has 0 aliphatic rings. The molecule has 0 aliphatic heterocycles. The Bertz CT molecular complexity index is 855. The van der Waals surface area contributed by atoms with Crippen LogP contribution in [0, 0.1) is 6.92 Å². The van der Waals surface area contributed by atoms with Crippen LogP contribution in [-0.4, -0.2) is 11.3 Å². The topological polar surface area (TPSA) is 25.0 Å². The lowest BCUT2D eigenvalue weighted by Gasteiger charge is -2.10. The van der Waals surface area contributed by atoms with Gasteiger partial charge in [-0.3, -0.25) is 0 Å². The summed E-state index contributed by atoms with van der Waals surface area (Å²) in [4.78, 5) is 3.25. The predicted molar refractivity (Wildman–Crippen MR) is 84.0 cm³/mol. The molecule has 0 radical (unpaired) electrons. The number of ether oxygens (including phenoxy) is 1. The summed E-state index contributed by atoms with van der Waals surface area (Å²) in [5, 5.41) is 1.64. The zero-order valence-corrected chi connectivity index (χ0v) is 12.9. The van der Waals surface area contributed by atoms with Crippen molar-refractivity contribution >= 4 is 22.5 Å². The molecule has 0 fully saturated rings. The van der Waals surface area contributed by atoms with Gasteiger partial charge in [0, 0.05) is 21.6 Å². The van der Waals surface area contributed by atoms with Crippen LogP contribution < -0.4 is 4.74 Å². The first-order valence-corrected chi connectivity index (χ1v) is 7.31. The minimum atomic E-state index is -4.69. The van der Waals surface area contributed by atoms with E-state index in [1.807, 2.05) is 19.1 Å². The Morgan fingerprint density at radius 3 is 2.65 bits per heavy atom. The molecule has 23 heavy (non-hydrogen) atoms. The first-order chi connectivity index (χ1) is 10.8. The van der Waals surface area contributed by atoms with Crippen LogP contribution in [0.15, 0.2) is 42.5 Å². The summed E-state index contributed by atoms with van der Waals surface area (Å²) in [7, 11) is 0. The second-order valence-corrected chi connectivity index (χ2v) is 5.73. The molecule has 1 N–H and O–H groups in total. The number of fused-ring (bicyclic) bond motifs is 1. The van der Waals surface area contributed by atoms with Crippen LogP contribution in [0.2, 0.25) is 5.02 Å². The van der Waals surface area contributed by atoms with Crippen molar-refractivity contribution in [2.24, 2.45) is 0 Å². The number of benzene rings is 2. The Balaban J connectivity index is 1.93. The number of halogens is 4. The van der Waals surface area contributed by atoms with Gasteiger partial charge in [0.05, 0.1) is 0 Å². The minimum Gasteiger partial charge on any atom is -0.406 e. The smallest absolute Gasteiger partial charge is 0.406 e. The van der Waals surface area contributed by atoms with Crippen LogP contribution in [0.1, 0.15) is 16.8 Å². The number of aromatic amines is 1. The van der Waals surface area contributed by atoms with E-state index < -0.39 is 6.36 Å². The summed E-state index contributed by atoms with van der Waals surface area (Å²) in [6.07, 6.45) is -4.19. The average molecular weight is 340 g/mol. The van der Waals surface area contributed by atoms with E-state index in [1.54, 1.807) is 18.2 Å². The monoisotopic (exact) mass is 339 g/mol. The lowest BCUT2D eigenvalue weighted by atomic mass is 10.0. The second kappa shape index (κ2) is 5.81. The van der Waals surface area contributed by atoms with Crippen molar-refractivity contribution in [2.45, 2.75) is 19.7 Å². The van der Waals surface area contributed by atoms with Gasteiger partial charge in [-0.1, -0.05) is 29.8 Å². The Morgan fingerprint density at radius 1 is 1.13 bits per heavy atom. The van der Waals surface area contributed by atoms with Crippen molar-refractivity contribution < 1.29 is 17.9 Å². The summed E-state index contributed by atoms with van der Waals surface area (Å²) in [5.74, 6) is -0.212. The quantitative estimate of drug-likeness (QED) is 0.658. The minimum absolute atomic E-state index is 0.212. The first kappa shape index (κ1) is 15.7. The molecule has 0 bridgehead atoms. The number of hydrogen-bond donors (Lipinski definition) is 1. The summed E-state index contributed by atoms with van der Waals surface area (Å²) >= 11 is 5.98. The van der Waals surface area contributed by atoms with Gasteiger partial charge in [-0.05, 0) is 48.7 Å². The molecule has 0 atom stereocenters. The molecule has 1 heterocycles. The van der Waals surface area contributed by atoms with Crippen molar-refractivity contribution in [3.05, 3.63) is 64.3 Å². The number of H-pyrrole nitrogens is 1. The molecule has 0 amide bonds. The molecule has 1 aromatic heterocycles. The molecule has 0 aliphatic carbocycles. The van der Waals surface area contributed by atoms with Crippen LogP contribution >= 0.6 is 11.6 Å². The summed E-state index contributed by atoms with van der Waals surface area (Å²) in [6.45, 7) is 1.93. The molecule has 0 spiro atoms. The molecule has 0 saturated heterocycles. The van der Waals surface area contributed by atoms with Crippen molar-refractivity contribution in [3.63, 3.8) is 0 Å². The molecular weight excluding hydrogens is 327 g/mol. The fourth-order valence-corrected chi connectivity index (χ4v) is 2.82. The molecule has 120 valence electrons. The average Bonchev–Trinajstić information content (AvgIpc) is 2.73. The van der Waals surface area contributed by atoms with Gasteiger partial charge in [0.15, 0.2) is 0 Å². The lowest BCUT2D eigenvalue weighted by Crippen LogP contribution is -2.17. The van der Waals surface area contributed by atoms with E-state index in [9.17, 15) is 13.2 Å². The zero-order valence-electron chi connectivity index (χ0n) is 12.2. The summed E-state index contributed by atoms with van der Waals surface area (Å²) < 4.78 is 40.9. The third kappa shape index (κ3) is 3.62. The van der Waals surface area contributed by atoms with Crippen molar-refractivity contribution in [2.75, 3.05) is 0 Å². The number of aromatic nitrogens is 1. The third-order valence-electron chi connectivity index (χ3n) is 3.59. The van der Waals surface area contributed by atoms with Gasteiger partial charge < -0.3 is 9.72 Å². The van der Waals surface area contributed by atoms with E-state index in [4.69, 9.17) is 11.6 Å². The number of alkyl halides is 3. The van der Waals surface area contributed by atoms with Gasteiger partial charge in [0.2, 0.25) is 0 Å². The van der Waals surface area contributed by atoms with Crippen LogP contribution in [0.3, 0.4) is 0 Å². The van der Waals surface area contributed by atoms with Gasteiger partial charge in [0.1, 0.15) is 5.75 Å². The zero-order chi connectivity index (χ0) is 16.6. The van der Waals surface area contributed by atoms with Crippen LogP contribution in [-0.2, 0) is 6.42 Å². The SMILES string of the molecule is Cc1[nH]c2cc(Cl)ccc2c1Cc1cccc(OC(F)(F)F)c1. The fourth-order valence-electron chi connectivity index (χ4n) is 2.65. The predicted octanol–water partition coefficient (Wildman–Crippen LogP) is 5.62. The highest BCUT2D eigenvalue weighted by atomic mass is 35.5. The van der Waals surface area contributed by atoms with Gasteiger partial charge >= 0.3 is 6.36 Å². The van der Waals surface area contributed by atoms with Crippen LogP contribution in [0.4, 0.5) is 13.2 Å². The Morgan fingerprint density at radius 2 is 1.91 bits per heavy atom. The lowest BCUT2D eigenvalue weighted by molar-refractivity contribution is -0.274. The van der Waals surface area contributed by atoms with E-state index >= 15 is 0 Å². The van der Waals surface area contributed by atoms with Gasteiger partial charge in [0.25, 0.3) is 0 Å². The van der Waals surface area contributed by atoms with Crippen molar-refractivity contribution in [3.8, 4) is 5.75 Å². The van der Waals surface area contributed by atoms with E-state index in [2.05, 4.69) is 9.72 Å². The highest BCUT2D eigenvalue weighted by molar-refractivity contribution is 6.31. The number of hydrogen-bond acceptors (Lipinski definition) is 1. The molecule has 3 aromatic rings. The largest absolute Gasteiger partial charge is 0.573 e. The Hall–Kier alpha value is -2.14. The standard InChI is InChI=1S/C17H13ClF3NO/c1-10-15(14-6-5-12(18)9-16(14)22-10)8-11-3-2-4-13(7-11)23-17(19,20)21/h2-7,9,22H,8H2,1H3. The highest BCUT2D eigenvalue weighted by Gasteiger charge is 2.31. The van der Waals surface area contributed by atoms with Crippen LogP contribution in [0.5, 0.6) is 5.75 Å². The molecule has 2 nitrogen and oxygen atoms in total. The molecule has 2 aromatic carbocycles. The van der Waals surface area contributed by atoms with Gasteiger partial charge in [-0.15, -0.1) is 13.2 Å². The van der Waals surface area contributed by atoms with Crippen molar-refractivity contribution in [1.82, 2.24) is 4.98 Å². The van der Waals surface area contributed by atoms with E-state index in [1.165, 1.54) is 12.1 Å². The number of aryl methyl sites for hydroxylation is 1. The maximum atomic E-state index is 12.3. The highest BCUT2D eigenvalue weighted by Crippen LogP contribution is 2.29. The first-order valence-electron chi connectivity index (χ1n) is 6.93. The number of rotatable bonds is 3. The Kier molecular flexibility index (Phi) is 3.98. The fraction of sp³-hybridized carbons (Fsp3) is 0.176.